The first kappa shape index (κ1) is 15.3. The zero-order valence-corrected chi connectivity index (χ0v) is 11.7. The lowest BCUT2D eigenvalue weighted by molar-refractivity contribution is -0.386. The second kappa shape index (κ2) is 6.13. The van der Waals surface area contributed by atoms with Crippen molar-refractivity contribution in [1.82, 2.24) is 25.3 Å². The molecule has 1 aromatic carbocycles. The van der Waals surface area contributed by atoms with Crippen LogP contribution in [0.5, 0.6) is 0 Å². The Bertz CT molecular complexity index is 780. The van der Waals surface area contributed by atoms with Gasteiger partial charge in [0, 0.05) is 20.0 Å². The van der Waals surface area contributed by atoms with E-state index in [1.807, 2.05) is 0 Å². The molecule has 0 spiro atoms. The zero-order valence-electron chi connectivity index (χ0n) is 11.7. The number of hydroxylamine groups is 1. The molecular formula is C11H12N6O5. The molecule has 1 N–H and O–H groups in total. The number of aromatic nitrogens is 4. The first-order valence-electron chi connectivity index (χ1n) is 6.06. The van der Waals surface area contributed by atoms with E-state index >= 15 is 0 Å². The van der Waals surface area contributed by atoms with Gasteiger partial charge in [0.25, 0.3) is 5.69 Å². The Morgan fingerprint density at radius 2 is 2.18 bits per heavy atom. The van der Waals surface area contributed by atoms with E-state index < -0.39 is 16.5 Å². The van der Waals surface area contributed by atoms with E-state index in [4.69, 9.17) is 4.84 Å². The molecule has 0 radical (unpaired) electrons. The molecule has 2 rings (SSSR count). The van der Waals surface area contributed by atoms with Crippen LogP contribution in [0, 0.1) is 10.1 Å². The van der Waals surface area contributed by atoms with Gasteiger partial charge in [0.1, 0.15) is 6.61 Å². The normalized spacial score (nSPS) is 10.5. The number of carbonyl (C=O) groups is 1. The minimum atomic E-state index is -0.614. The van der Waals surface area contributed by atoms with Gasteiger partial charge in [-0.25, -0.2) is 10.3 Å². The molecule has 2 aromatic rings. The highest BCUT2D eigenvalue weighted by Crippen LogP contribution is 2.24. The maximum Gasteiger partial charge on any atom is 0.368 e. The van der Waals surface area contributed by atoms with Gasteiger partial charge in [0.2, 0.25) is 5.91 Å². The van der Waals surface area contributed by atoms with Gasteiger partial charge in [0.15, 0.2) is 0 Å². The number of nitro groups is 1. The molecule has 0 unspecified atom stereocenters. The summed E-state index contributed by atoms with van der Waals surface area (Å²) in [6, 6.07) is 4.14. The van der Waals surface area contributed by atoms with Crippen LogP contribution in [0.15, 0.2) is 23.0 Å². The zero-order chi connectivity index (χ0) is 16.3. The van der Waals surface area contributed by atoms with E-state index in [-0.39, 0.29) is 23.5 Å². The Balaban J connectivity index is 2.51. The summed E-state index contributed by atoms with van der Waals surface area (Å²) >= 11 is 0. The Kier molecular flexibility index (Phi) is 4.27. The molecule has 22 heavy (non-hydrogen) atoms. The average Bonchev–Trinajstić information content (AvgIpc) is 2.78. The fourth-order valence-corrected chi connectivity index (χ4v) is 1.75. The van der Waals surface area contributed by atoms with E-state index in [2.05, 4.69) is 15.9 Å². The van der Waals surface area contributed by atoms with Crippen LogP contribution in [0.25, 0.3) is 5.69 Å². The van der Waals surface area contributed by atoms with Crippen molar-refractivity contribution in [2.24, 2.45) is 7.05 Å². The van der Waals surface area contributed by atoms with E-state index in [0.29, 0.717) is 0 Å². The highest BCUT2D eigenvalue weighted by molar-refractivity contribution is 5.71. The largest absolute Gasteiger partial charge is 0.368 e. The van der Waals surface area contributed by atoms with Gasteiger partial charge in [-0.3, -0.25) is 19.7 Å². The summed E-state index contributed by atoms with van der Waals surface area (Å²) in [5.74, 6) is -0.461. The molecule has 1 heterocycles. The topological polar surface area (TPSA) is 134 Å². The van der Waals surface area contributed by atoms with Crippen molar-refractivity contribution < 1.29 is 14.6 Å². The van der Waals surface area contributed by atoms with E-state index in [1.54, 1.807) is 0 Å². The number of benzene rings is 1. The minimum absolute atomic E-state index is 0.0869. The van der Waals surface area contributed by atoms with Crippen LogP contribution in [0.4, 0.5) is 5.69 Å². The molecule has 1 aromatic heterocycles. The molecule has 0 fully saturated rings. The van der Waals surface area contributed by atoms with Crippen LogP contribution in [0.2, 0.25) is 0 Å². The van der Waals surface area contributed by atoms with Crippen LogP contribution in [0.1, 0.15) is 12.5 Å². The lowest BCUT2D eigenvalue weighted by atomic mass is 10.1. The minimum Gasteiger partial charge on any atom is -0.273 e. The lowest BCUT2D eigenvalue weighted by Gasteiger charge is -2.09. The summed E-state index contributed by atoms with van der Waals surface area (Å²) in [7, 11) is 1.40. The quantitative estimate of drug-likeness (QED) is 0.578. The molecular weight excluding hydrogens is 296 g/mol. The Morgan fingerprint density at radius 1 is 1.45 bits per heavy atom. The predicted molar refractivity (Wildman–Crippen MR) is 71.9 cm³/mol. The van der Waals surface area contributed by atoms with Crippen LogP contribution in [-0.4, -0.2) is 30.6 Å². The fraction of sp³-hybridized carbons (Fsp3) is 0.273. The number of nitrogens with zero attached hydrogens (tertiary/aromatic N) is 5. The van der Waals surface area contributed by atoms with Gasteiger partial charge in [-0.15, -0.1) is 0 Å². The highest BCUT2D eigenvalue weighted by atomic mass is 16.7. The molecule has 0 aliphatic carbocycles. The summed E-state index contributed by atoms with van der Waals surface area (Å²) in [5, 5.41) is 18.3. The first-order chi connectivity index (χ1) is 10.4. The Hall–Kier alpha value is -3.08. The average molecular weight is 308 g/mol. The van der Waals surface area contributed by atoms with Gasteiger partial charge in [0.05, 0.1) is 16.2 Å². The fourth-order valence-electron chi connectivity index (χ4n) is 1.75. The van der Waals surface area contributed by atoms with Gasteiger partial charge in [-0.2, -0.15) is 9.36 Å². The van der Waals surface area contributed by atoms with E-state index in [9.17, 15) is 19.7 Å². The van der Waals surface area contributed by atoms with E-state index in [0.717, 1.165) is 9.36 Å². The standard InChI is InChI=1S/C11H12N6O5/c1-7(18)12-22-6-8-9(4-3-5-10(8)17(20)21)16-11(19)15(2)13-14-16/h3-5H,6H2,1-2H3,(H,12,18). The summed E-state index contributed by atoms with van der Waals surface area (Å²) in [6.45, 7) is 0.919. The number of hydrogen-bond donors (Lipinski definition) is 1. The molecule has 0 aliphatic heterocycles. The summed E-state index contributed by atoms with van der Waals surface area (Å²) in [5.41, 5.74) is 1.47. The second-order valence-corrected chi connectivity index (χ2v) is 4.28. The van der Waals surface area contributed by atoms with Crippen molar-refractivity contribution in [3.8, 4) is 5.69 Å². The number of carbonyl (C=O) groups excluding carboxylic acids is 1. The number of nitro benzene ring substituents is 1. The van der Waals surface area contributed by atoms with Crippen molar-refractivity contribution in [2.75, 3.05) is 0 Å². The van der Waals surface area contributed by atoms with Crippen LogP contribution in [0.3, 0.4) is 0 Å². The maximum absolute atomic E-state index is 11.9. The van der Waals surface area contributed by atoms with Gasteiger partial charge in [-0.1, -0.05) is 6.07 Å². The smallest absolute Gasteiger partial charge is 0.273 e. The number of hydrogen-bond acceptors (Lipinski definition) is 7. The number of nitrogens with one attached hydrogen (secondary N) is 1. The molecule has 11 heteroatoms. The molecule has 0 saturated heterocycles. The van der Waals surface area contributed by atoms with Gasteiger partial charge in [-0.05, 0) is 16.5 Å². The van der Waals surface area contributed by atoms with Crippen molar-refractivity contribution in [3.05, 3.63) is 44.4 Å². The lowest BCUT2D eigenvalue weighted by Crippen LogP contribution is -2.24. The monoisotopic (exact) mass is 308 g/mol. The third-order valence-corrected chi connectivity index (χ3v) is 2.71. The Labute approximate surface area is 123 Å². The molecule has 1 amide bonds. The summed E-state index contributed by atoms with van der Waals surface area (Å²) in [4.78, 5) is 38.1. The van der Waals surface area contributed by atoms with Gasteiger partial charge >= 0.3 is 5.69 Å². The molecule has 0 aliphatic rings. The SMILES string of the molecule is CC(=O)NOCc1c(-n2nnn(C)c2=O)cccc1[N+](=O)[O-]. The third kappa shape index (κ3) is 2.98. The van der Waals surface area contributed by atoms with Crippen LogP contribution >= 0.6 is 0 Å². The van der Waals surface area contributed by atoms with Crippen LogP contribution < -0.4 is 11.2 Å². The van der Waals surface area contributed by atoms with Crippen molar-refractivity contribution >= 4 is 11.6 Å². The number of amides is 1. The maximum atomic E-state index is 11.9. The van der Waals surface area contributed by atoms with E-state index in [1.165, 1.54) is 32.2 Å². The van der Waals surface area contributed by atoms with Crippen molar-refractivity contribution in [1.29, 1.82) is 0 Å². The second-order valence-electron chi connectivity index (χ2n) is 4.28. The number of aryl methyl sites for hydroxylation is 1. The molecule has 116 valence electrons. The van der Waals surface area contributed by atoms with Crippen molar-refractivity contribution in [2.45, 2.75) is 13.5 Å². The number of rotatable bonds is 5. The van der Waals surface area contributed by atoms with Crippen LogP contribution in [-0.2, 0) is 23.3 Å². The molecule has 0 saturated carbocycles. The highest BCUT2D eigenvalue weighted by Gasteiger charge is 2.21. The molecule has 0 bridgehead atoms. The predicted octanol–water partition coefficient (Wildman–Crippen LogP) is -0.558. The van der Waals surface area contributed by atoms with Crippen molar-refractivity contribution in [3.63, 3.8) is 0 Å². The first-order valence-corrected chi connectivity index (χ1v) is 6.06. The summed E-state index contributed by atoms with van der Waals surface area (Å²) in [6.07, 6.45) is 0. The Morgan fingerprint density at radius 3 is 2.73 bits per heavy atom. The molecule has 0 atom stereocenters. The molecule has 11 nitrogen and oxygen atoms in total. The summed E-state index contributed by atoms with van der Waals surface area (Å²) < 4.78 is 1.90. The third-order valence-electron chi connectivity index (χ3n) is 2.71. The number of tetrazole rings is 1. The van der Waals surface area contributed by atoms with Gasteiger partial charge < -0.3 is 0 Å².